The Kier molecular flexibility index (Phi) is 6.20. The summed E-state index contributed by atoms with van der Waals surface area (Å²) in [5, 5.41) is 0. The van der Waals surface area contributed by atoms with E-state index in [0.717, 1.165) is 24.1 Å². The third kappa shape index (κ3) is 4.47. The van der Waals surface area contributed by atoms with E-state index in [1.54, 1.807) is 7.11 Å². The maximum absolute atomic E-state index is 12.3. The zero-order valence-corrected chi connectivity index (χ0v) is 15.4. The standard InChI is InChI=1S/C18H24N2O3S/c1-5-6-14-13(17(21)20-18(24)19-14)9-12-7-8-15(23-11(2)3)16(10-12)22-4/h7-8,10-11H,5-6,9H2,1-4H3,(H2,19,20,21,24). The van der Waals surface area contributed by atoms with E-state index in [1.807, 2.05) is 32.0 Å². The number of benzene rings is 1. The largest absolute Gasteiger partial charge is 0.493 e. The van der Waals surface area contributed by atoms with Gasteiger partial charge >= 0.3 is 0 Å². The van der Waals surface area contributed by atoms with Crippen LogP contribution in [0.25, 0.3) is 0 Å². The number of methoxy groups -OCH3 is 1. The maximum Gasteiger partial charge on any atom is 0.255 e. The number of ether oxygens (including phenoxy) is 2. The lowest BCUT2D eigenvalue weighted by molar-refractivity contribution is 0.230. The van der Waals surface area contributed by atoms with Crippen LogP contribution in [0, 0.1) is 4.77 Å². The molecule has 0 aliphatic heterocycles. The van der Waals surface area contributed by atoms with Crippen LogP contribution in [-0.2, 0) is 12.8 Å². The molecule has 0 spiro atoms. The molecular weight excluding hydrogens is 324 g/mol. The second-order valence-electron chi connectivity index (χ2n) is 5.94. The molecule has 2 aromatic rings. The first kappa shape index (κ1) is 18.3. The second kappa shape index (κ2) is 8.15. The Balaban J connectivity index is 2.38. The molecule has 1 heterocycles. The molecule has 1 aromatic carbocycles. The second-order valence-corrected chi connectivity index (χ2v) is 6.35. The Bertz CT molecular complexity index is 809. The summed E-state index contributed by atoms with van der Waals surface area (Å²) in [4.78, 5) is 18.1. The molecule has 130 valence electrons. The van der Waals surface area contributed by atoms with Gasteiger partial charge in [0.15, 0.2) is 16.3 Å². The molecular formula is C18H24N2O3S. The first-order chi connectivity index (χ1) is 11.4. The van der Waals surface area contributed by atoms with Crippen molar-refractivity contribution >= 4 is 12.2 Å². The quantitative estimate of drug-likeness (QED) is 0.748. The Morgan fingerprint density at radius 1 is 1.21 bits per heavy atom. The van der Waals surface area contributed by atoms with Gasteiger partial charge in [0.2, 0.25) is 0 Å². The minimum absolute atomic E-state index is 0.0675. The topological polar surface area (TPSA) is 67.1 Å². The summed E-state index contributed by atoms with van der Waals surface area (Å²) < 4.78 is 11.5. The van der Waals surface area contributed by atoms with E-state index in [9.17, 15) is 4.79 Å². The van der Waals surface area contributed by atoms with Crippen LogP contribution in [0.15, 0.2) is 23.0 Å². The lowest BCUT2D eigenvalue weighted by Gasteiger charge is -2.15. The molecule has 0 radical (unpaired) electrons. The number of hydrogen-bond donors (Lipinski definition) is 2. The number of nitrogens with one attached hydrogen (secondary N) is 2. The van der Waals surface area contributed by atoms with Crippen molar-refractivity contribution in [3.63, 3.8) is 0 Å². The molecule has 0 atom stereocenters. The third-order valence-electron chi connectivity index (χ3n) is 3.60. The van der Waals surface area contributed by atoms with Crippen molar-refractivity contribution in [1.82, 2.24) is 9.97 Å². The molecule has 0 aliphatic rings. The zero-order chi connectivity index (χ0) is 17.7. The lowest BCUT2D eigenvalue weighted by atomic mass is 10.0. The molecule has 0 saturated heterocycles. The number of rotatable bonds is 7. The van der Waals surface area contributed by atoms with E-state index in [2.05, 4.69) is 16.9 Å². The van der Waals surface area contributed by atoms with Crippen LogP contribution in [-0.4, -0.2) is 23.2 Å². The van der Waals surface area contributed by atoms with Gasteiger partial charge in [-0.05, 0) is 50.2 Å². The van der Waals surface area contributed by atoms with Crippen molar-refractivity contribution in [3.05, 3.63) is 50.1 Å². The zero-order valence-electron chi connectivity index (χ0n) is 14.6. The third-order valence-corrected chi connectivity index (χ3v) is 3.81. The first-order valence-electron chi connectivity index (χ1n) is 8.12. The van der Waals surface area contributed by atoms with Crippen molar-refractivity contribution in [2.45, 2.75) is 46.1 Å². The smallest absolute Gasteiger partial charge is 0.255 e. The minimum atomic E-state index is -0.135. The molecule has 24 heavy (non-hydrogen) atoms. The van der Waals surface area contributed by atoms with Gasteiger partial charge in [-0.25, -0.2) is 0 Å². The van der Waals surface area contributed by atoms with Gasteiger partial charge in [0.05, 0.1) is 13.2 Å². The fourth-order valence-corrected chi connectivity index (χ4v) is 2.80. The molecule has 0 aliphatic carbocycles. The number of H-pyrrole nitrogens is 2. The van der Waals surface area contributed by atoms with E-state index in [-0.39, 0.29) is 11.7 Å². The highest BCUT2D eigenvalue weighted by Gasteiger charge is 2.12. The Hall–Kier alpha value is -2.08. The van der Waals surface area contributed by atoms with E-state index in [4.69, 9.17) is 21.7 Å². The molecule has 2 N–H and O–H groups in total. The SMILES string of the molecule is CCCc1[nH]c(=S)[nH]c(=O)c1Cc1ccc(OC(C)C)c(OC)c1. The molecule has 0 saturated carbocycles. The van der Waals surface area contributed by atoms with Crippen LogP contribution in [0.5, 0.6) is 11.5 Å². The molecule has 0 bridgehead atoms. The first-order valence-corrected chi connectivity index (χ1v) is 8.53. The Morgan fingerprint density at radius 2 is 1.96 bits per heavy atom. The number of aromatic nitrogens is 2. The van der Waals surface area contributed by atoms with Crippen molar-refractivity contribution in [2.75, 3.05) is 7.11 Å². The van der Waals surface area contributed by atoms with Crippen molar-refractivity contribution in [3.8, 4) is 11.5 Å². The summed E-state index contributed by atoms with van der Waals surface area (Å²) >= 11 is 5.07. The van der Waals surface area contributed by atoms with Gasteiger partial charge in [-0.2, -0.15) is 0 Å². The van der Waals surface area contributed by atoms with Gasteiger partial charge in [-0.3, -0.25) is 9.78 Å². The normalized spacial score (nSPS) is 10.9. The van der Waals surface area contributed by atoms with Crippen LogP contribution in [0.4, 0.5) is 0 Å². The van der Waals surface area contributed by atoms with Crippen LogP contribution < -0.4 is 15.0 Å². The summed E-state index contributed by atoms with van der Waals surface area (Å²) in [7, 11) is 1.61. The van der Waals surface area contributed by atoms with Crippen LogP contribution in [0.3, 0.4) is 0 Å². The lowest BCUT2D eigenvalue weighted by Crippen LogP contribution is -2.18. The van der Waals surface area contributed by atoms with E-state index in [0.29, 0.717) is 28.3 Å². The monoisotopic (exact) mass is 348 g/mol. The highest BCUT2D eigenvalue weighted by atomic mass is 32.1. The van der Waals surface area contributed by atoms with Crippen LogP contribution >= 0.6 is 12.2 Å². The fraction of sp³-hybridized carbons (Fsp3) is 0.444. The summed E-state index contributed by atoms with van der Waals surface area (Å²) in [5.74, 6) is 1.37. The average molecular weight is 348 g/mol. The summed E-state index contributed by atoms with van der Waals surface area (Å²) in [6.07, 6.45) is 2.30. The van der Waals surface area contributed by atoms with Crippen molar-refractivity contribution in [2.24, 2.45) is 0 Å². The van der Waals surface area contributed by atoms with E-state index in [1.165, 1.54) is 0 Å². The van der Waals surface area contributed by atoms with Gasteiger partial charge in [-0.15, -0.1) is 0 Å². The van der Waals surface area contributed by atoms with Gasteiger partial charge in [0, 0.05) is 17.7 Å². The van der Waals surface area contributed by atoms with Crippen LogP contribution in [0.2, 0.25) is 0 Å². The number of aromatic amines is 2. The number of hydrogen-bond acceptors (Lipinski definition) is 4. The highest BCUT2D eigenvalue weighted by Crippen LogP contribution is 2.29. The summed E-state index contributed by atoms with van der Waals surface area (Å²) in [6, 6.07) is 5.75. The minimum Gasteiger partial charge on any atom is -0.493 e. The van der Waals surface area contributed by atoms with Gasteiger partial charge in [0.25, 0.3) is 5.56 Å². The Labute approximate surface area is 147 Å². The Morgan fingerprint density at radius 3 is 2.58 bits per heavy atom. The van der Waals surface area contributed by atoms with Crippen molar-refractivity contribution in [1.29, 1.82) is 0 Å². The molecule has 6 heteroatoms. The predicted molar refractivity (Wildman–Crippen MR) is 97.8 cm³/mol. The molecule has 1 aromatic heterocycles. The molecule has 0 amide bonds. The van der Waals surface area contributed by atoms with Gasteiger partial charge in [-0.1, -0.05) is 19.4 Å². The van der Waals surface area contributed by atoms with Gasteiger partial charge in [0.1, 0.15) is 0 Å². The van der Waals surface area contributed by atoms with Crippen LogP contribution in [0.1, 0.15) is 44.0 Å². The molecule has 0 unspecified atom stereocenters. The molecule has 2 rings (SSSR count). The van der Waals surface area contributed by atoms with Gasteiger partial charge < -0.3 is 14.5 Å². The van der Waals surface area contributed by atoms with Crippen molar-refractivity contribution < 1.29 is 9.47 Å². The fourth-order valence-electron chi connectivity index (χ4n) is 2.59. The molecule has 5 nitrogen and oxygen atoms in total. The predicted octanol–water partition coefficient (Wildman–Crippen LogP) is 3.77. The molecule has 0 fully saturated rings. The number of aryl methyl sites for hydroxylation is 1. The van der Waals surface area contributed by atoms with E-state index >= 15 is 0 Å². The highest BCUT2D eigenvalue weighted by molar-refractivity contribution is 7.71. The average Bonchev–Trinajstić information content (AvgIpc) is 2.51. The maximum atomic E-state index is 12.3. The summed E-state index contributed by atoms with van der Waals surface area (Å²) in [5.41, 5.74) is 2.46. The summed E-state index contributed by atoms with van der Waals surface area (Å²) in [6.45, 7) is 6.01. The van der Waals surface area contributed by atoms with E-state index < -0.39 is 0 Å².